The normalized spacial score (nSPS) is 10.5. The zero-order chi connectivity index (χ0) is 14.7. The molecule has 0 N–H and O–H groups in total. The highest BCUT2D eigenvalue weighted by Crippen LogP contribution is 2.34. The van der Waals surface area contributed by atoms with Crippen LogP contribution in [0.3, 0.4) is 0 Å². The molecular weight excluding hydrogens is 260 g/mol. The number of rotatable bonds is 4. The molecule has 0 spiro atoms. The summed E-state index contributed by atoms with van der Waals surface area (Å²) in [4.78, 5) is 11.4. The van der Waals surface area contributed by atoms with Crippen LogP contribution in [-0.4, -0.2) is 12.9 Å². The first-order chi connectivity index (χ1) is 10.3. The van der Waals surface area contributed by atoms with Gasteiger partial charge in [-0.2, -0.15) is 0 Å². The molecule has 0 aliphatic rings. The Morgan fingerprint density at radius 2 is 1.76 bits per heavy atom. The molecule has 0 amide bonds. The number of fused-ring (bicyclic) bond motifs is 1. The summed E-state index contributed by atoms with van der Waals surface area (Å²) < 4.78 is 5.69. The summed E-state index contributed by atoms with van der Waals surface area (Å²) in [6.45, 7) is 2.51. The quantitative estimate of drug-likeness (QED) is 0.645. The molecule has 21 heavy (non-hydrogen) atoms. The molecule has 104 valence electrons. The second-order valence-electron chi connectivity index (χ2n) is 4.83. The van der Waals surface area contributed by atoms with Crippen molar-refractivity contribution in [2.45, 2.75) is 6.92 Å². The standard InChI is InChI=1S/C19H16O2/c1-2-21-18-9-5-8-17(13-20)19(18)16-11-10-14-6-3-4-7-15(14)12-16/h3-13H,2H2,1H3. The van der Waals surface area contributed by atoms with Gasteiger partial charge in [-0.3, -0.25) is 4.79 Å². The van der Waals surface area contributed by atoms with Gasteiger partial charge in [0.05, 0.1) is 6.61 Å². The predicted octanol–water partition coefficient (Wildman–Crippen LogP) is 4.72. The third kappa shape index (κ3) is 2.52. The second kappa shape index (κ2) is 5.80. The lowest BCUT2D eigenvalue weighted by molar-refractivity contribution is 0.112. The summed E-state index contributed by atoms with van der Waals surface area (Å²) in [6, 6.07) is 20.0. The van der Waals surface area contributed by atoms with E-state index in [1.165, 1.54) is 5.39 Å². The Labute approximate surface area is 124 Å². The molecule has 0 unspecified atom stereocenters. The number of carbonyl (C=O) groups is 1. The van der Waals surface area contributed by atoms with E-state index in [2.05, 4.69) is 24.3 Å². The number of aldehydes is 1. The molecule has 0 bridgehead atoms. The van der Waals surface area contributed by atoms with Gasteiger partial charge in [0.1, 0.15) is 5.75 Å². The van der Waals surface area contributed by atoms with Crippen molar-refractivity contribution in [3.63, 3.8) is 0 Å². The average molecular weight is 276 g/mol. The summed E-state index contributed by atoms with van der Waals surface area (Å²) in [5.74, 6) is 0.748. The van der Waals surface area contributed by atoms with Gasteiger partial charge < -0.3 is 4.74 Å². The lowest BCUT2D eigenvalue weighted by Gasteiger charge is -2.13. The van der Waals surface area contributed by atoms with Crippen molar-refractivity contribution in [2.75, 3.05) is 6.61 Å². The van der Waals surface area contributed by atoms with E-state index in [9.17, 15) is 4.79 Å². The van der Waals surface area contributed by atoms with Crippen molar-refractivity contribution in [3.8, 4) is 16.9 Å². The number of benzene rings is 3. The largest absolute Gasteiger partial charge is 0.493 e. The molecule has 0 saturated carbocycles. The van der Waals surface area contributed by atoms with Crippen LogP contribution in [0.2, 0.25) is 0 Å². The third-order valence-corrected chi connectivity index (χ3v) is 3.52. The lowest BCUT2D eigenvalue weighted by Crippen LogP contribution is -1.97. The van der Waals surface area contributed by atoms with E-state index in [1.807, 2.05) is 43.3 Å². The van der Waals surface area contributed by atoms with E-state index in [0.717, 1.165) is 28.5 Å². The summed E-state index contributed by atoms with van der Waals surface area (Å²) in [5.41, 5.74) is 2.51. The van der Waals surface area contributed by atoms with E-state index in [-0.39, 0.29) is 0 Å². The average Bonchev–Trinajstić information content (AvgIpc) is 2.54. The van der Waals surface area contributed by atoms with Crippen LogP contribution in [0.15, 0.2) is 60.7 Å². The first-order valence-electron chi connectivity index (χ1n) is 7.03. The Morgan fingerprint density at radius 1 is 0.952 bits per heavy atom. The van der Waals surface area contributed by atoms with Crippen LogP contribution in [0.4, 0.5) is 0 Å². The first-order valence-corrected chi connectivity index (χ1v) is 7.03. The molecule has 3 rings (SSSR count). The highest BCUT2D eigenvalue weighted by Gasteiger charge is 2.11. The van der Waals surface area contributed by atoms with Crippen molar-refractivity contribution in [1.29, 1.82) is 0 Å². The van der Waals surface area contributed by atoms with E-state index in [4.69, 9.17) is 4.74 Å². The summed E-state index contributed by atoms with van der Waals surface area (Å²) in [7, 11) is 0. The van der Waals surface area contributed by atoms with Gasteiger partial charge in [0, 0.05) is 11.1 Å². The molecule has 0 fully saturated rings. The molecule has 0 radical (unpaired) electrons. The van der Waals surface area contributed by atoms with Crippen LogP contribution in [0, 0.1) is 0 Å². The number of ether oxygens (including phenoxy) is 1. The van der Waals surface area contributed by atoms with Crippen molar-refractivity contribution >= 4 is 17.1 Å². The van der Waals surface area contributed by atoms with Gasteiger partial charge in [-0.05, 0) is 35.4 Å². The summed E-state index contributed by atoms with van der Waals surface area (Å²) >= 11 is 0. The molecule has 3 aromatic rings. The Balaban J connectivity index is 2.23. The molecule has 0 aliphatic heterocycles. The molecule has 0 saturated heterocycles. The number of hydrogen-bond acceptors (Lipinski definition) is 2. The van der Waals surface area contributed by atoms with Gasteiger partial charge in [0.15, 0.2) is 6.29 Å². The maximum Gasteiger partial charge on any atom is 0.150 e. The van der Waals surface area contributed by atoms with Crippen LogP contribution in [0.5, 0.6) is 5.75 Å². The minimum absolute atomic E-state index is 0.572. The molecule has 0 atom stereocenters. The van der Waals surface area contributed by atoms with E-state index >= 15 is 0 Å². The second-order valence-corrected chi connectivity index (χ2v) is 4.83. The topological polar surface area (TPSA) is 26.3 Å². The Morgan fingerprint density at radius 3 is 2.52 bits per heavy atom. The van der Waals surface area contributed by atoms with Gasteiger partial charge in [-0.15, -0.1) is 0 Å². The molecule has 3 aromatic carbocycles. The smallest absolute Gasteiger partial charge is 0.150 e. The van der Waals surface area contributed by atoms with E-state index in [0.29, 0.717) is 12.2 Å². The van der Waals surface area contributed by atoms with Gasteiger partial charge in [0.25, 0.3) is 0 Å². The van der Waals surface area contributed by atoms with Crippen molar-refractivity contribution in [3.05, 3.63) is 66.2 Å². The van der Waals surface area contributed by atoms with Crippen LogP contribution < -0.4 is 4.74 Å². The highest BCUT2D eigenvalue weighted by molar-refractivity contribution is 5.94. The molecule has 0 aliphatic carbocycles. The molecule has 2 heteroatoms. The van der Waals surface area contributed by atoms with Crippen LogP contribution >= 0.6 is 0 Å². The fraction of sp³-hybridized carbons (Fsp3) is 0.105. The van der Waals surface area contributed by atoms with E-state index < -0.39 is 0 Å². The lowest BCUT2D eigenvalue weighted by atomic mass is 9.96. The molecule has 0 aromatic heterocycles. The van der Waals surface area contributed by atoms with Crippen LogP contribution in [-0.2, 0) is 0 Å². The maximum atomic E-state index is 11.4. The highest BCUT2D eigenvalue weighted by atomic mass is 16.5. The zero-order valence-electron chi connectivity index (χ0n) is 11.9. The molecule has 0 heterocycles. The van der Waals surface area contributed by atoms with Gasteiger partial charge >= 0.3 is 0 Å². The number of carbonyl (C=O) groups excluding carboxylic acids is 1. The first kappa shape index (κ1) is 13.4. The zero-order valence-corrected chi connectivity index (χ0v) is 11.9. The summed E-state index contributed by atoms with van der Waals surface area (Å²) in [5, 5.41) is 2.33. The maximum absolute atomic E-state index is 11.4. The SMILES string of the molecule is CCOc1cccc(C=O)c1-c1ccc2ccccc2c1. The fourth-order valence-corrected chi connectivity index (χ4v) is 2.58. The minimum atomic E-state index is 0.572. The molecule has 2 nitrogen and oxygen atoms in total. The Hall–Kier alpha value is -2.61. The van der Waals surface area contributed by atoms with Crippen molar-refractivity contribution < 1.29 is 9.53 Å². The predicted molar refractivity (Wildman–Crippen MR) is 85.9 cm³/mol. The monoisotopic (exact) mass is 276 g/mol. The fourth-order valence-electron chi connectivity index (χ4n) is 2.58. The van der Waals surface area contributed by atoms with E-state index in [1.54, 1.807) is 0 Å². The van der Waals surface area contributed by atoms with Gasteiger partial charge in [0.2, 0.25) is 0 Å². The summed E-state index contributed by atoms with van der Waals surface area (Å²) in [6.07, 6.45) is 0.882. The third-order valence-electron chi connectivity index (χ3n) is 3.52. The van der Waals surface area contributed by atoms with Crippen molar-refractivity contribution in [1.82, 2.24) is 0 Å². The van der Waals surface area contributed by atoms with Crippen LogP contribution in [0.25, 0.3) is 21.9 Å². The van der Waals surface area contributed by atoms with Gasteiger partial charge in [-0.1, -0.05) is 48.5 Å². The minimum Gasteiger partial charge on any atom is -0.493 e. The van der Waals surface area contributed by atoms with Crippen LogP contribution in [0.1, 0.15) is 17.3 Å². The van der Waals surface area contributed by atoms with Crippen molar-refractivity contribution in [2.24, 2.45) is 0 Å². The Bertz CT molecular complexity index is 790. The van der Waals surface area contributed by atoms with Gasteiger partial charge in [-0.25, -0.2) is 0 Å². The Kier molecular flexibility index (Phi) is 3.69. The molecular formula is C19H16O2. The number of hydrogen-bond donors (Lipinski definition) is 0.